The van der Waals surface area contributed by atoms with Gasteiger partial charge < -0.3 is 10.1 Å². The molecule has 2 aromatic heterocycles. The van der Waals surface area contributed by atoms with Gasteiger partial charge in [0.05, 0.1) is 31.3 Å². The summed E-state index contributed by atoms with van der Waals surface area (Å²) in [4.78, 5) is 12.0. The molecule has 0 spiro atoms. The minimum atomic E-state index is -0.0368. The van der Waals surface area contributed by atoms with Crippen molar-refractivity contribution >= 4 is 11.4 Å². The number of ether oxygens (including phenoxy) is 1. The average molecular weight is 295 g/mol. The van der Waals surface area contributed by atoms with E-state index in [1.54, 1.807) is 11.6 Å². The van der Waals surface area contributed by atoms with Gasteiger partial charge in [-0.25, -0.2) is 4.52 Å². The molecule has 2 heterocycles. The average Bonchev–Trinajstić information content (AvgIpc) is 2.96. The van der Waals surface area contributed by atoms with E-state index in [2.05, 4.69) is 10.4 Å². The fourth-order valence-corrected chi connectivity index (χ4v) is 2.30. The molecule has 0 aliphatic rings. The van der Waals surface area contributed by atoms with E-state index in [0.717, 1.165) is 22.5 Å². The fraction of sp³-hybridized carbons (Fsp3) is 0.176. The van der Waals surface area contributed by atoms with Gasteiger partial charge in [-0.3, -0.25) is 4.79 Å². The summed E-state index contributed by atoms with van der Waals surface area (Å²) in [6, 6.07) is 15.3. The van der Waals surface area contributed by atoms with Crippen LogP contribution in [0.3, 0.4) is 0 Å². The lowest BCUT2D eigenvalue weighted by Crippen LogP contribution is -2.24. The SMILES string of the molecule is COc1cccc(CC(=O)NCc2cc3ccccn3n2)c1. The van der Waals surface area contributed by atoms with Crippen molar-refractivity contribution in [3.05, 3.63) is 66.0 Å². The third kappa shape index (κ3) is 3.25. The molecule has 5 nitrogen and oxygen atoms in total. The molecule has 0 fully saturated rings. The van der Waals surface area contributed by atoms with Crippen LogP contribution in [0, 0.1) is 0 Å². The Hall–Kier alpha value is -2.82. The number of carbonyl (C=O) groups is 1. The third-order valence-corrected chi connectivity index (χ3v) is 3.39. The molecule has 0 aliphatic heterocycles. The molecule has 22 heavy (non-hydrogen) atoms. The number of pyridine rings is 1. The van der Waals surface area contributed by atoms with Crippen LogP contribution < -0.4 is 10.1 Å². The van der Waals surface area contributed by atoms with Crippen LogP contribution in [0.15, 0.2) is 54.7 Å². The molecule has 3 aromatic rings. The van der Waals surface area contributed by atoms with Crippen molar-refractivity contribution in [2.45, 2.75) is 13.0 Å². The Morgan fingerprint density at radius 3 is 2.95 bits per heavy atom. The second kappa shape index (κ2) is 6.30. The molecule has 1 N–H and O–H groups in total. The number of nitrogens with zero attached hydrogens (tertiary/aromatic N) is 2. The van der Waals surface area contributed by atoms with Gasteiger partial charge in [0.15, 0.2) is 0 Å². The molecule has 112 valence electrons. The number of aromatic nitrogens is 2. The van der Waals surface area contributed by atoms with Crippen molar-refractivity contribution < 1.29 is 9.53 Å². The highest BCUT2D eigenvalue weighted by molar-refractivity contribution is 5.78. The van der Waals surface area contributed by atoms with Gasteiger partial charge in [-0.2, -0.15) is 5.10 Å². The van der Waals surface area contributed by atoms with E-state index < -0.39 is 0 Å². The molecule has 0 radical (unpaired) electrons. The Bertz CT molecular complexity index is 762. The van der Waals surface area contributed by atoms with Crippen LogP contribution in [-0.4, -0.2) is 22.6 Å². The topological polar surface area (TPSA) is 55.6 Å². The van der Waals surface area contributed by atoms with E-state index in [1.807, 2.05) is 54.7 Å². The molecule has 5 heteroatoms. The maximum atomic E-state index is 12.0. The molecule has 0 atom stereocenters. The quantitative estimate of drug-likeness (QED) is 0.785. The number of rotatable bonds is 5. The van der Waals surface area contributed by atoms with E-state index >= 15 is 0 Å². The van der Waals surface area contributed by atoms with Crippen molar-refractivity contribution in [2.24, 2.45) is 0 Å². The van der Waals surface area contributed by atoms with Crippen LogP contribution in [0.1, 0.15) is 11.3 Å². The van der Waals surface area contributed by atoms with E-state index in [0.29, 0.717) is 13.0 Å². The number of hydrogen-bond acceptors (Lipinski definition) is 3. The Kier molecular flexibility index (Phi) is 4.05. The molecule has 3 rings (SSSR count). The number of nitrogens with one attached hydrogen (secondary N) is 1. The summed E-state index contributed by atoms with van der Waals surface area (Å²) in [5.41, 5.74) is 2.77. The smallest absolute Gasteiger partial charge is 0.224 e. The van der Waals surface area contributed by atoms with Gasteiger partial charge in [0.25, 0.3) is 0 Å². The van der Waals surface area contributed by atoms with Gasteiger partial charge >= 0.3 is 0 Å². The minimum Gasteiger partial charge on any atom is -0.497 e. The molecule has 0 bridgehead atoms. The lowest BCUT2D eigenvalue weighted by molar-refractivity contribution is -0.120. The first kappa shape index (κ1) is 14.1. The summed E-state index contributed by atoms with van der Waals surface area (Å²) < 4.78 is 6.95. The highest BCUT2D eigenvalue weighted by Gasteiger charge is 2.06. The van der Waals surface area contributed by atoms with E-state index in [9.17, 15) is 4.79 Å². The first-order valence-electron chi connectivity index (χ1n) is 7.07. The molecular formula is C17H17N3O2. The standard InChI is InChI=1S/C17H17N3O2/c1-22-16-7-4-5-13(9-16)10-17(21)18-12-14-11-15-6-2-3-8-20(15)19-14/h2-9,11H,10,12H2,1H3,(H,18,21). The van der Waals surface area contributed by atoms with Crippen LogP contribution in [0.5, 0.6) is 5.75 Å². The number of methoxy groups -OCH3 is 1. The van der Waals surface area contributed by atoms with E-state index in [4.69, 9.17) is 4.74 Å². The largest absolute Gasteiger partial charge is 0.497 e. The fourth-order valence-electron chi connectivity index (χ4n) is 2.30. The summed E-state index contributed by atoms with van der Waals surface area (Å²) >= 11 is 0. The summed E-state index contributed by atoms with van der Waals surface area (Å²) in [6.07, 6.45) is 2.21. The second-order valence-electron chi connectivity index (χ2n) is 5.01. The third-order valence-electron chi connectivity index (χ3n) is 3.39. The monoisotopic (exact) mass is 295 g/mol. The number of carbonyl (C=O) groups excluding carboxylic acids is 1. The lowest BCUT2D eigenvalue weighted by atomic mass is 10.1. The maximum absolute atomic E-state index is 12.0. The van der Waals surface area contributed by atoms with Crippen LogP contribution in [0.2, 0.25) is 0 Å². The van der Waals surface area contributed by atoms with Gasteiger partial charge in [-0.05, 0) is 35.9 Å². The summed E-state index contributed by atoms with van der Waals surface area (Å²) in [5.74, 6) is 0.718. The molecule has 0 saturated carbocycles. The molecule has 1 aromatic carbocycles. The van der Waals surface area contributed by atoms with Crippen LogP contribution >= 0.6 is 0 Å². The molecular weight excluding hydrogens is 278 g/mol. The maximum Gasteiger partial charge on any atom is 0.224 e. The molecule has 0 aliphatic carbocycles. The van der Waals surface area contributed by atoms with Crippen molar-refractivity contribution in [2.75, 3.05) is 7.11 Å². The Labute approximate surface area is 128 Å². The van der Waals surface area contributed by atoms with Crippen molar-refractivity contribution in [3.8, 4) is 5.75 Å². The highest BCUT2D eigenvalue weighted by atomic mass is 16.5. The van der Waals surface area contributed by atoms with Gasteiger partial charge in [0.2, 0.25) is 5.91 Å². The summed E-state index contributed by atoms with van der Waals surface area (Å²) in [7, 11) is 1.61. The van der Waals surface area contributed by atoms with Gasteiger partial charge in [-0.1, -0.05) is 18.2 Å². The zero-order valence-corrected chi connectivity index (χ0v) is 12.3. The zero-order chi connectivity index (χ0) is 15.4. The van der Waals surface area contributed by atoms with Gasteiger partial charge in [0.1, 0.15) is 5.75 Å². The number of hydrogen-bond donors (Lipinski definition) is 1. The summed E-state index contributed by atoms with van der Waals surface area (Å²) in [6.45, 7) is 0.421. The Morgan fingerprint density at radius 2 is 2.14 bits per heavy atom. The number of fused-ring (bicyclic) bond motifs is 1. The summed E-state index contributed by atoms with van der Waals surface area (Å²) in [5, 5.41) is 7.29. The normalized spacial score (nSPS) is 10.6. The first-order chi connectivity index (χ1) is 10.7. The lowest BCUT2D eigenvalue weighted by Gasteiger charge is -2.05. The molecule has 1 amide bonds. The van der Waals surface area contributed by atoms with Gasteiger partial charge in [0, 0.05) is 6.20 Å². The van der Waals surface area contributed by atoms with Crippen molar-refractivity contribution in [3.63, 3.8) is 0 Å². The van der Waals surface area contributed by atoms with Crippen molar-refractivity contribution in [1.29, 1.82) is 0 Å². The van der Waals surface area contributed by atoms with Crippen LogP contribution in [0.25, 0.3) is 5.52 Å². The number of amides is 1. The second-order valence-corrected chi connectivity index (χ2v) is 5.01. The predicted molar refractivity (Wildman–Crippen MR) is 83.7 cm³/mol. The van der Waals surface area contributed by atoms with Gasteiger partial charge in [-0.15, -0.1) is 0 Å². The molecule has 0 unspecified atom stereocenters. The Morgan fingerprint density at radius 1 is 1.23 bits per heavy atom. The van der Waals surface area contributed by atoms with E-state index in [-0.39, 0.29) is 5.91 Å². The predicted octanol–water partition coefficient (Wildman–Crippen LogP) is 2.20. The number of benzene rings is 1. The highest BCUT2D eigenvalue weighted by Crippen LogP contribution is 2.13. The Balaban J connectivity index is 1.59. The molecule has 0 saturated heterocycles. The van der Waals surface area contributed by atoms with Crippen LogP contribution in [-0.2, 0) is 17.8 Å². The van der Waals surface area contributed by atoms with Crippen LogP contribution in [0.4, 0.5) is 0 Å². The zero-order valence-electron chi connectivity index (χ0n) is 12.3. The van der Waals surface area contributed by atoms with Crippen molar-refractivity contribution in [1.82, 2.24) is 14.9 Å². The first-order valence-corrected chi connectivity index (χ1v) is 7.07. The van der Waals surface area contributed by atoms with E-state index in [1.165, 1.54) is 0 Å². The minimum absolute atomic E-state index is 0.0368.